The Kier molecular flexibility index (Phi) is 12.5. The summed E-state index contributed by atoms with van der Waals surface area (Å²) in [7, 11) is 1.26. The van der Waals surface area contributed by atoms with E-state index in [-0.39, 0.29) is 17.6 Å². The SMILES string of the molecule is CCCCN1C(=O)C(CC(C)C)CC(=O)C12CCN(Cc1c(C)nn(-c3ccc(SS(=O)(=O)NCCCN(C)C)cc3)c1C)CC2. The summed E-state index contributed by atoms with van der Waals surface area (Å²) in [5.74, 6) is 0.636. The second-order valence-electron chi connectivity index (χ2n) is 13.7. The number of Topliss-reactive ketones (excluding diaryl/α,β-unsaturated/α-hetero) is 1. The molecule has 2 saturated heterocycles. The van der Waals surface area contributed by atoms with E-state index >= 15 is 0 Å². The number of amides is 1. The Bertz CT molecular complexity index is 1450. The number of likely N-dealkylation sites (tertiary alicyclic amines) is 2. The first-order chi connectivity index (χ1) is 21.8. The van der Waals surface area contributed by atoms with Gasteiger partial charge in [-0.15, -0.1) is 0 Å². The highest BCUT2D eigenvalue weighted by Gasteiger charge is 2.53. The largest absolute Gasteiger partial charge is 0.330 e. The fraction of sp³-hybridized carbons (Fsp3) is 0.676. The zero-order valence-corrected chi connectivity index (χ0v) is 30.5. The van der Waals surface area contributed by atoms with Crippen LogP contribution in [-0.4, -0.2) is 96.9 Å². The molecule has 3 heterocycles. The highest BCUT2D eigenvalue weighted by Crippen LogP contribution is 2.40. The van der Waals surface area contributed by atoms with Crippen molar-refractivity contribution in [3.05, 3.63) is 41.2 Å². The van der Waals surface area contributed by atoms with E-state index in [1.165, 1.54) is 0 Å². The Hall–Kier alpha value is -2.25. The number of piperidine rings is 2. The zero-order valence-electron chi connectivity index (χ0n) is 28.8. The predicted molar refractivity (Wildman–Crippen MR) is 185 cm³/mol. The van der Waals surface area contributed by atoms with Crippen molar-refractivity contribution in [1.82, 2.24) is 29.2 Å². The van der Waals surface area contributed by atoms with E-state index in [4.69, 9.17) is 5.10 Å². The van der Waals surface area contributed by atoms with Gasteiger partial charge < -0.3 is 9.80 Å². The van der Waals surface area contributed by atoms with Crippen LogP contribution >= 0.6 is 10.8 Å². The van der Waals surface area contributed by atoms with Gasteiger partial charge in [-0.25, -0.2) is 17.8 Å². The minimum absolute atomic E-state index is 0.182. The lowest BCUT2D eigenvalue weighted by Gasteiger charge is -2.52. The maximum absolute atomic E-state index is 13.7. The first kappa shape index (κ1) is 36.6. The maximum atomic E-state index is 13.7. The molecule has 46 heavy (non-hydrogen) atoms. The molecule has 0 aliphatic carbocycles. The number of unbranched alkanes of at least 4 members (excludes halogenated alkanes) is 1. The van der Waals surface area contributed by atoms with Gasteiger partial charge in [0.2, 0.25) is 5.91 Å². The van der Waals surface area contributed by atoms with Crippen LogP contribution in [-0.2, 0) is 25.2 Å². The molecule has 12 heteroatoms. The number of nitrogens with zero attached hydrogens (tertiary/aromatic N) is 5. The third-order valence-electron chi connectivity index (χ3n) is 9.43. The monoisotopic (exact) mass is 674 g/mol. The number of ketones is 1. The third kappa shape index (κ3) is 8.80. The van der Waals surface area contributed by atoms with Gasteiger partial charge in [-0.2, -0.15) is 5.10 Å². The van der Waals surface area contributed by atoms with Gasteiger partial charge in [0, 0.05) is 72.0 Å². The Morgan fingerprint density at radius 1 is 1.09 bits per heavy atom. The number of carbonyl (C=O) groups excluding carboxylic acids is 2. The number of hydrogen-bond acceptors (Lipinski definition) is 8. The van der Waals surface area contributed by atoms with Gasteiger partial charge in [-0.1, -0.05) is 27.2 Å². The van der Waals surface area contributed by atoms with E-state index in [1.807, 2.05) is 59.8 Å². The van der Waals surface area contributed by atoms with Crippen LogP contribution < -0.4 is 4.72 Å². The van der Waals surface area contributed by atoms with E-state index in [9.17, 15) is 18.0 Å². The maximum Gasteiger partial charge on any atom is 0.269 e. The summed E-state index contributed by atoms with van der Waals surface area (Å²) in [6.07, 6.45) is 5.15. The molecular formula is C34H54N6O4S2. The normalized spacial score (nSPS) is 19.2. The molecule has 1 aromatic heterocycles. The van der Waals surface area contributed by atoms with Crippen LogP contribution in [0, 0.1) is 25.7 Å². The molecule has 256 valence electrons. The van der Waals surface area contributed by atoms with Gasteiger partial charge in [0.05, 0.1) is 11.4 Å². The Morgan fingerprint density at radius 3 is 2.37 bits per heavy atom. The lowest BCUT2D eigenvalue weighted by atomic mass is 9.72. The standard InChI is InChI=1S/C34H54N6O4S2/c1-8-9-19-39-33(42)28(22-25(2)3)23-32(41)34(39)15-20-38(21-16-34)24-31-26(4)36-40(27(31)5)29-11-13-30(14-12-29)45-46(43,44)35-17-10-18-37(6)7/h11-14,25,28,35H,8-10,15-24H2,1-7H3. The van der Waals surface area contributed by atoms with E-state index in [0.717, 1.165) is 85.3 Å². The minimum atomic E-state index is -3.49. The number of aromatic nitrogens is 2. The summed E-state index contributed by atoms with van der Waals surface area (Å²) in [6, 6.07) is 7.44. The van der Waals surface area contributed by atoms with Crippen LogP contribution in [0.25, 0.3) is 5.69 Å². The van der Waals surface area contributed by atoms with Gasteiger partial charge in [-0.3, -0.25) is 14.5 Å². The average molecular weight is 675 g/mol. The van der Waals surface area contributed by atoms with Crippen molar-refractivity contribution in [3.63, 3.8) is 0 Å². The van der Waals surface area contributed by atoms with Crippen molar-refractivity contribution in [2.75, 3.05) is 46.8 Å². The Balaban J connectivity index is 1.40. The summed E-state index contributed by atoms with van der Waals surface area (Å²) in [5, 5.41) is 4.84. The highest BCUT2D eigenvalue weighted by molar-refractivity contribution is 8.71. The minimum Gasteiger partial charge on any atom is -0.330 e. The first-order valence-electron chi connectivity index (χ1n) is 16.8. The van der Waals surface area contributed by atoms with Crippen molar-refractivity contribution in [3.8, 4) is 5.69 Å². The molecule has 2 aliphatic heterocycles. The van der Waals surface area contributed by atoms with E-state index in [2.05, 4.69) is 37.3 Å². The van der Waals surface area contributed by atoms with Crippen molar-refractivity contribution in [1.29, 1.82) is 0 Å². The lowest BCUT2D eigenvalue weighted by molar-refractivity contribution is -0.162. The number of nitrogens with one attached hydrogen (secondary N) is 1. The topological polar surface area (TPSA) is 108 Å². The number of benzene rings is 1. The number of aryl methyl sites for hydroxylation is 1. The number of rotatable bonds is 15. The predicted octanol–water partition coefficient (Wildman–Crippen LogP) is 4.97. The molecule has 2 aromatic rings. The molecule has 0 radical (unpaired) electrons. The zero-order chi connectivity index (χ0) is 33.6. The first-order valence-corrected chi connectivity index (χ1v) is 19.6. The third-order valence-corrected chi connectivity index (χ3v) is 12.3. The summed E-state index contributed by atoms with van der Waals surface area (Å²) in [6.45, 7) is 14.6. The number of carbonyl (C=O) groups is 2. The van der Waals surface area contributed by atoms with Gasteiger partial charge in [0.1, 0.15) is 5.54 Å². The fourth-order valence-corrected chi connectivity index (χ4v) is 9.35. The smallest absolute Gasteiger partial charge is 0.269 e. The van der Waals surface area contributed by atoms with E-state index < -0.39 is 14.6 Å². The van der Waals surface area contributed by atoms with Gasteiger partial charge >= 0.3 is 0 Å². The fourth-order valence-electron chi connectivity index (χ4n) is 6.88. The summed E-state index contributed by atoms with van der Waals surface area (Å²) in [5.41, 5.74) is 3.35. The molecule has 2 aliphatic rings. The molecule has 0 saturated carbocycles. The van der Waals surface area contributed by atoms with Crippen LogP contribution in [0.1, 0.15) is 82.7 Å². The summed E-state index contributed by atoms with van der Waals surface area (Å²) in [4.78, 5) is 34.4. The lowest BCUT2D eigenvalue weighted by Crippen LogP contribution is -2.66. The van der Waals surface area contributed by atoms with Crippen LogP contribution in [0.3, 0.4) is 0 Å². The Morgan fingerprint density at radius 2 is 1.76 bits per heavy atom. The molecule has 1 aromatic carbocycles. The molecule has 1 amide bonds. The highest BCUT2D eigenvalue weighted by atomic mass is 33.1. The van der Waals surface area contributed by atoms with Gasteiger partial charge in [0.25, 0.3) is 9.06 Å². The summed E-state index contributed by atoms with van der Waals surface area (Å²) < 4.78 is 29.6. The van der Waals surface area contributed by atoms with Crippen molar-refractivity contribution >= 4 is 31.5 Å². The molecule has 10 nitrogen and oxygen atoms in total. The van der Waals surface area contributed by atoms with E-state index in [1.54, 1.807) is 0 Å². The Labute approximate surface area is 280 Å². The number of hydrogen-bond donors (Lipinski definition) is 1. The van der Waals surface area contributed by atoms with Crippen LogP contribution in [0.4, 0.5) is 0 Å². The molecule has 1 spiro atoms. The van der Waals surface area contributed by atoms with Crippen LogP contribution in [0.2, 0.25) is 0 Å². The van der Waals surface area contributed by atoms with Crippen molar-refractivity contribution < 1.29 is 18.0 Å². The second-order valence-corrected chi connectivity index (χ2v) is 17.4. The molecular weight excluding hydrogens is 621 g/mol. The van der Waals surface area contributed by atoms with Crippen molar-refractivity contribution in [2.45, 2.75) is 96.5 Å². The second kappa shape index (κ2) is 15.8. The molecule has 0 bridgehead atoms. The van der Waals surface area contributed by atoms with Gasteiger partial charge in [-0.05, 0) is 96.8 Å². The molecule has 4 rings (SSSR count). The van der Waals surface area contributed by atoms with E-state index in [0.29, 0.717) is 43.2 Å². The molecule has 2 fully saturated rings. The van der Waals surface area contributed by atoms with Crippen LogP contribution in [0.15, 0.2) is 29.2 Å². The van der Waals surface area contributed by atoms with Crippen LogP contribution in [0.5, 0.6) is 0 Å². The summed E-state index contributed by atoms with van der Waals surface area (Å²) >= 11 is 0. The van der Waals surface area contributed by atoms with Crippen molar-refractivity contribution in [2.24, 2.45) is 11.8 Å². The molecule has 1 N–H and O–H groups in total. The average Bonchev–Trinajstić information content (AvgIpc) is 3.27. The quantitative estimate of drug-likeness (QED) is 0.209. The van der Waals surface area contributed by atoms with Gasteiger partial charge in [0.15, 0.2) is 5.78 Å². The molecule has 1 atom stereocenters. The molecule has 1 unspecified atom stereocenters.